The molecule has 0 unspecified atom stereocenters. The maximum Gasteiger partial charge on any atom is 0.0416 e. The molecule has 122 valence electrons. The lowest BCUT2D eigenvalue weighted by Gasteiger charge is -2.12. The first kappa shape index (κ1) is 16.1. The molecule has 0 bridgehead atoms. The van der Waals surface area contributed by atoms with E-state index >= 15 is 0 Å². The van der Waals surface area contributed by atoms with Crippen LogP contribution >= 0.6 is 0 Å². The molecule has 2 heteroatoms. The van der Waals surface area contributed by atoms with Gasteiger partial charge in [-0.25, -0.2) is 0 Å². The summed E-state index contributed by atoms with van der Waals surface area (Å²) in [4.78, 5) is 0. The highest BCUT2D eigenvalue weighted by Gasteiger charge is 2.01. The normalized spacial score (nSPS) is 10.5. The maximum absolute atomic E-state index is 3.49. The third-order valence-electron chi connectivity index (χ3n) is 4.07. The maximum atomic E-state index is 3.49. The van der Waals surface area contributed by atoms with Crippen molar-refractivity contribution in [3.05, 3.63) is 82.9 Å². The molecule has 3 aromatic carbocycles. The van der Waals surface area contributed by atoms with Gasteiger partial charge in [0.05, 0.1) is 0 Å². The summed E-state index contributed by atoms with van der Waals surface area (Å²) in [5.41, 5.74) is 9.51. The molecule has 0 aromatic heterocycles. The second-order valence-electron chi connectivity index (χ2n) is 6.52. The molecule has 0 aliphatic carbocycles. The van der Waals surface area contributed by atoms with Gasteiger partial charge in [-0.15, -0.1) is 0 Å². The zero-order chi connectivity index (χ0) is 17.1. The van der Waals surface area contributed by atoms with E-state index in [2.05, 4.69) is 99.0 Å². The Bertz CT molecular complexity index is 828. The van der Waals surface area contributed by atoms with Gasteiger partial charge in [0.15, 0.2) is 0 Å². The fourth-order valence-electron chi connectivity index (χ4n) is 2.88. The van der Waals surface area contributed by atoms with Gasteiger partial charge in [0.1, 0.15) is 0 Å². The number of rotatable bonds is 4. The Morgan fingerprint density at radius 1 is 0.500 bits per heavy atom. The Kier molecular flexibility index (Phi) is 4.57. The molecule has 0 saturated carbocycles. The van der Waals surface area contributed by atoms with E-state index in [1.165, 1.54) is 22.3 Å². The molecule has 0 fully saturated rings. The molecule has 0 heterocycles. The summed E-state index contributed by atoms with van der Waals surface area (Å²) in [5, 5.41) is 6.96. The van der Waals surface area contributed by atoms with Crippen molar-refractivity contribution in [2.75, 3.05) is 10.6 Å². The van der Waals surface area contributed by atoms with Crippen molar-refractivity contribution in [1.29, 1.82) is 0 Å². The Morgan fingerprint density at radius 3 is 1.71 bits per heavy atom. The molecule has 0 aliphatic heterocycles. The van der Waals surface area contributed by atoms with Gasteiger partial charge < -0.3 is 10.6 Å². The van der Waals surface area contributed by atoms with Crippen LogP contribution in [0, 0.1) is 27.7 Å². The van der Waals surface area contributed by atoms with E-state index in [0.29, 0.717) is 0 Å². The van der Waals surface area contributed by atoms with Crippen molar-refractivity contribution in [2.24, 2.45) is 0 Å². The first-order valence-corrected chi connectivity index (χ1v) is 8.29. The van der Waals surface area contributed by atoms with E-state index in [1.54, 1.807) is 0 Å². The summed E-state index contributed by atoms with van der Waals surface area (Å²) in [5.74, 6) is 0. The van der Waals surface area contributed by atoms with Crippen molar-refractivity contribution in [3.8, 4) is 0 Å². The third kappa shape index (κ3) is 3.96. The van der Waals surface area contributed by atoms with Crippen LogP contribution in [0.1, 0.15) is 22.3 Å². The van der Waals surface area contributed by atoms with Crippen molar-refractivity contribution >= 4 is 22.7 Å². The molecular weight excluding hydrogens is 292 g/mol. The first-order valence-electron chi connectivity index (χ1n) is 8.29. The Morgan fingerprint density at radius 2 is 1.08 bits per heavy atom. The number of anilines is 4. The lowest BCUT2D eigenvalue weighted by molar-refractivity contribution is 1.37. The van der Waals surface area contributed by atoms with E-state index in [-0.39, 0.29) is 0 Å². The van der Waals surface area contributed by atoms with E-state index in [1.807, 2.05) is 0 Å². The number of aryl methyl sites for hydroxylation is 4. The van der Waals surface area contributed by atoms with Crippen LogP contribution in [0.5, 0.6) is 0 Å². The molecule has 0 amide bonds. The largest absolute Gasteiger partial charge is 0.356 e. The van der Waals surface area contributed by atoms with Gasteiger partial charge in [-0.05, 0) is 92.4 Å². The molecule has 2 N–H and O–H groups in total. The highest BCUT2D eigenvalue weighted by Crippen LogP contribution is 2.25. The molecule has 0 spiro atoms. The molecule has 0 radical (unpaired) electrons. The molecule has 2 nitrogen and oxygen atoms in total. The van der Waals surface area contributed by atoms with Crippen molar-refractivity contribution < 1.29 is 0 Å². The lowest BCUT2D eigenvalue weighted by atomic mass is 10.1. The minimum atomic E-state index is 1.09. The quantitative estimate of drug-likeness (QED) is 0.581. The number of nitrogens with one attached hydrogen (secondary N) is 2. The van der Waals surface area contributed by atoms with E-state index in [0.717, 1.165) is 22.7 Å². The summed E-state index contributed by atoms with van der Waals surface area (Å²) >= 11 is 0. The van der Waals surface area contributed by atoms with Crippen LogP contribution in [0.2, 0.25) is 0 Å². The molecule has 0 atom stereocenters. The first-order chi connectivity index (χ1) is 11.5. The molecule has 0 saturated heterocycles. The van der Waals surface area contributed by atoms with Gasteiger partial charge in [-0.2, -0.15) is 0 Å². The molecule has 0 aliphatic rings. The average molecular weight is 316 g/mol. The molecule has 24 heavy (non-hydrogen) atoms. The lowest BCUT2D eigenvalue weighted by Crippen LogP contribution is -1.95. The van der Waals surface area contributed by atoms with Gasteiger partial charge in [0, 0.05) is 22.7 Å². The fraction of sp³-hybridized carbons (Fsp3) is 0.182. The van der Waals surface area contributed by atoms with Crippen LogP contribution < -0.4 is 10.6 Å². The Labute approximate surface area is 144 Å². The summed E-state index contributed by atoms with van der Waals surface area (Å²) < 4.78 is 0. The smallest absolute Gasteiger partial charge is 0.0416 e. The van der Waals surface area contributed by atoms with Crippen LogP contribution in [-0.2, 0) is 0 Å². The van der Waals surface area contributed by atoms with Crippen LogP contribution in [-0.4, -0.2) is 0 Å². The monoisotopic (exact) mass is 316 g/mol. The van der Waals surface area contributed by atoms with Crippen molar-refractivity contribution in [2.45, 2.75) is 27.7 Å². The predicted octanol–water partition coefficient (Wildman–Crippen LogP) is 6.41. The summed E-state index contributed by atoms with van der Waals surface area (Å²) in [6.45, 7) is 8.48. The van der Waals surface area contributed by atoms with Crippen molar-refractivity contribution in [1.82, 2.24) is 0 Å². The van der Waals surface area contributed by atoms with Gasteiger partial charge in [-0.3, -0.25) is 0 Å². The van der Waals surface area contributed by atoms with E-state index < -0.39 is 0 Å². The van der Waals surface area contributed by atoms with Gasteiger partial charge in [-0.1, -0.05) is 18.2 Å². The predicted molar refractivity (Wildman–Crippen MR) is 105 cm³/mol. The highest BCUT2D eigenvalue weighted by molar-refractivity contribution is 5.68. The van der Waals surface area contributed by atoms with Crippen molar-refractivity contribution in [3.63, 3.8) is 0 Å². The summed E-state index contributed by atoms with van der Waals surface area (Å²) in [7, 11) is 0. The topological polar surface area (TPSA) is 24.1 Å². The van der Waals surface area contributed by atoms with Gasteiger partial charge in [0.2, 0.25) is 0 Å². The Balaban J connectivity index is 1.74. The standard InChI is InChI=1S/C22H24N2/c1-15-5-6-18(4)22(14-15)24-20-9-7-19(8-10-20)23-21-12-16(2)11-17(3)13-21/h5-14,23-24H,1-4H3. The molecule has 3 aromatic rings. The van der Waals surface area contributed by atoms with Gasteiger partial charge >= 0.3 is 0 Å². The van der Waals surface area contributed by atoms with E-state index in [9.17, 15) is 0 Å². The average Bonchev–Trinajstić information content (AvgIpc) is 2.52. The molecular formula is C22H24N2. The number of hydrogen-bond donors (Lipinski definition) is 2. The van der Waals surface area contributed by atoms with Crippen LogP contribution in [0.25, 0.3) is 0 Å². The fourth-order valence-corrected chi connectivity index (χ4v) is 2.88. The Hall–Kier alpha value is -2.74. The SMILES string of the molecule is Cc1cc(C)cc(Nc2ccc(Nc3cc(C)ccc3C)cc2)c1. The number of hydrogen-bond acceptors (Lipinski definition) is 2. The zero-order valence-electron chi connectivity index (χ0n) is 14.8. The second kappa shape index (κ2) is 6.79. The second-order valence-corrected chi connectivity index (χ2v) is 6.52. The van der Waals surface area contributed by atoms with Gasteiger partial charge in [0.25, 0.3) is 0 Å². The van der Waals surface area contributed by atoms with Crippen LogP contribution in [0.15, 0.2) is 60.7 Å². The zero-order valence-corrected chi connectivity index (χ0v) is 14.8. The third-order valence-corrected chi connectivity index (χ3v) is 4.07. The number of benzene rings is 3. The highest BCUT2D eigenvalue weighted by atomic mass is 14.9. The minimum Gasteiger partial charge on any atom is -0.356 e. The van der Waals surface area contributed by atoms with Crippen LogP contribution in [0.3, 0.4) is 0 Å². The van der Waals surface area contributed by atoms with Crippen LogP contribution in [0.4, 0.5) is 22.7 Å². The van der Waals surface area contributed by atoms with E-state index in [4.69, 9.17) is 0 Å². The summed E-state index contributed by atoms with van der Waals surface area (Å²) in [6.07, 6.45) is 0. The molecule has 3 rings (SSSR count). The minimum absolute atomic E-state index is 1.09. The summed E-state index contributed by atoms with van der Waals surface area (Å²) in [6, 6.07) is 21.4.